The molecule has 2 aromatic rings. The summed E-state index contributed by atoms with van der Waals surface area (Å²) in [6, 6.07) is 6.29. The topological polar surface area (TPSA) is 29.3 Å². The van der Waals surface area contributed by atoms with Gasteiger partial charge >= 0.3 is 0 Å². The van der Waals surface area contributed by atoms with E-state index in [1.807, 2.05) is 18.2 Å². The summed E-state index contributed by atoms with van der Waals surface area (Å²) < 4.78 is 5.72. The highest BCUT2D eigenvalue weighted by molar-refractivity contribution is 6.31. The van der Waals surface area contributed by atoms with Crippen molar-refractivity contribution in [1.82, 2.24) is 4.98 Å². The Balaban J connectivity index is 1.97. The summed E-state index contributed by atoms with van der Waals surface area (Å²) in [5, 5.41) is 0.689. The normalized spacial score (nSPS) is 16.9. The van der Waals surface area contributed by atoms with Gasteiger partial charge in [0, 0.05) is 24.2 Å². The maximum Gasteiger partial charge on any atom is 0.298 e. The van der Waals surface area contributed by atoms with Crippen LogP contribution in [0.4, 0.5) is 6.01 Å². The molecule has 84 valence electrons. The third-order valence-electron chi connectivity index (χ3n) is 2.97. The minimum Gasteiger partial charge on any atom is -0.423 e. The minimum absolute atomic E-state index is 0.689. The molecule has 0 bridgehead atoms. The molecule has 2 heterocycles. The van der Waals surface area contributed by atoms with Crippen molar-refractivity contribution in [1.29, 1.82) is 0 Å². The predicted molar refractivity (Wildman–Crippen MR) is 65.1 cm³/mol. The van der Waals surface area contributed by atoms with Gasteiger partial charge in [0.1, 0.15) is 5.52 Å². The lowest BCUT2D eigenvalue weighted by molar-refractivity contribution is 0.509. The smallest absolute Gasteiger partial charge is 0.298 e. The average Bonchev–Trinajstić information content (AvgIpc) is 2.73. The van der Waals surface area contributed by atoms with E-state index in [-0.39, 0.29) is 0 Å². The Morgan fingerprint density at radius 2 is 2.00 bits per heavy atom. The van der Waals surface area contributed by atoms with Crippen molar-refractivity contribution in [3.8, 4) is 0 Å². The molecule has 1 saturated heterocycles. The summed E-state index contributed by atoms with van der Waals surface area (Å²) in [6.07, 6.45) is 3.75. The molecule has 1 aliphatic rings. The first-order valence-corrected chi connectivity index (χ1v) is 6.02. The van der Waals surface area contributed by atoms with E-state index in [1.165, 1.54) is 19.3 Å². The van der Waals surface area contributed by atoms with E-state index in [9.17, 15) is 0 Å². The van der Waals surface area contributed by atoms with Gasteiger partial charge in [0.05, 0.1) is 0 Å². The van der Waals surface area contributed by atoms with Crippen LogP contribution in [0.5, 0.6) is 0 Å². The maximum atomic E-state index is 5.91. The van der Waals surface area contributed by atoms with Gasteiger partial charge in [-0.25, -0.2) is 0 Å². The number of hydrogen-bond donors (Lipinski definition) is 0. The molecule has 1 fully saturated rings. The second-order valence-electron chi connectivity index (χ2n) is 4.16. The Hall–Kier alpha value is -1.22. The van der Waals surface area contributed by atoms with Crippen molar-refractivity contribution >= 4 is 28.7 Å². The number of nitrogens with zero attached hydrogens (tertiary/aromatic N) is 2. The Bertz CT molecular complexity index is 503. The summed E-state index contributed by atoms with van der Waals surface area (Å²) >= 11 is 5.91. The van der Waals surface area contributed by atoms with E-state index in [2.05, 4.69) is 9.88 Å². The second kappa shape index (κ2) is 3.98. The van der Waals surface area contributed by atoms with Crippen LogP contribution in [0.25, 0.3) is 11.1 Å². The number of hydrogen-bond acceptors (Lipinski definition) is 3. The number of piperidine rings is 1. The largest absolute Gasteiger partial charge is 0.423 e. The quantitative estimate of drug-likeness (QED) is 0.759. The van der Waals surface area contributed by atoms with Crippen molar-refractivity contribution in [3.63, 3.8) is 0 Å². The molecule has 4 heteroatoms. The molecular formula is C12H13ClN2O. The zero-order chi connectivity index (χ0) is 11.0. The van der Waals surface area contributed by atoms with E-state index in [0.717, 1.165) is 30.2 Å². The summed E-state index contributed by atoms with van der Waals surface area (Å²) in [5.74, 6) is 0. The third kappa shape index (κ3) is 1.76. The van der Waals surface area contributed by atoms with Gasteiger partial charge in [-0.1, -0.05) is 11.6 Å². The zero-order valence-electron chi connectivity index (χ0n) is 8.95. The van der Waals surface area contributed by atoms with E-state index in [0.29, 0.717) is 5.02 Å². The van der Waals surface area contributed by atoms with Gasteiger partial charge in [0.15, 0.2) is 5.58 Å². The molecule has 16 heavy (non-hydrogen) atoms. The molecular weight excluding hydrogens is 224 g/mol. The number of aromatic nitrogens is 1. The number of anilines is 1. The molecule has 0 N–H and O–H groups in total. The Kier molecular flexibility index (Phi) is 2.48. The molecule has 0 amide bonds. The Morgan fingerprint density at radius 1 is 1.19 bits per heavy atom. The van der Waals surface area contributed by atoms with E-state index < -0.39 is 0 Å². The maximum absolute atomic E-state index is 5.91. The molecule has 0 saturated carbocycles. The van der Waals surface area contributed by atoms with Gasteiger partial charge in [0.2, 0.25) is 0 Å². The standard InChI is InChI=1S/C12H13ClN2O/c13-9-4-5-10-11(8-9)16-12(14-10)15-6-2-1-3-7-15/h4-5,8H,1-3,6-7H2. The predicted octanol–water partition coefficient (Wildman–Crippen LogP) is 3.47. The fourth-order valence-corrected chi connectivity index (χ4v) is 2.27. The molecule has 0 radical (unpaired) electrons. The van der Waals surface area contributed by atoms with Crippen LogP contribution in [0.3, 0.4) is 0 Å². The molecule has 0 spiro atoms. The van der Waals surface area contributed by atoms with Crippen LogP contribution in [-0.2, 0) is 0 Å². The van der Waals surface area contributed by atoms with E-state index in [4.69, 9.17) is 16.0 Å². The van der Waals surface area contributed by atoms with Crippen LogP contribution in [0, 0.1) is 0 Å². The highest BCUT2D eigenvalue weighted by Gasteiger charge is 2.16. The first-order valence-electron chi connectivity index (χ1n) is 5.64. The van der Waals surface area contributed by atoms with Crippen molar-refractivity contribution in [3.05, 3.63) is 23.2 Å². The van der Waals surface area contributed by atoms with Crippen LogP contribution in [0.1, 0.15) is 19.3 Å². The highest BCUT2D eigenvalue weighted by atomic mass is 35.5. The summed E-state index contributed by atoms with van der Waals surface area (Å²) in [4.78, 5) is 6.68. The summed E-state index contributed by atoms with van der Waals surface area (Å²) in [5.41, 5.74) is 1.65. The lowest BCUT2D eigenvalue weighted by Crippen LogP contribution is -2.29. The van der Waals surface area contributed by atoms with Gasteiger partial charge in [0.25, 0.3) is 6.01 Å². The Labute approximate surface area is 99.0 Å². The van der Waals surface area contributed by atoms with Crippen LogP contribution in [-0.4, -0.2) is 18.1 Å². The zero-order valence-corrected chi connectivity index (χ0v) is 9.70. The first kappa shape index (κ1) is 9.97. The SMILES string of the molecule is Clc1ccc2nc(N3CCCCC3)oc2c1. The second-order valence-corrected chi connectivity index (χ2v) is 4.59. The minimum atomic E-state index is 0.689. The van der Waals surface area contributed by atoms with Crippen molar-refractivity contribution in [2.24, 2.45) is 0 Å². The number of rotatable bonds is 1. The summed E-state index contributed by atoms with van der Waals surface area (Å²) in [7, 11) is 0. The Morgan fingerprint density at radius 3 is 2.81 bits per heavy atom. The molecule has 0 atom stereocenters. The monoisotopic (exact) mass is 236 g/mol. The third-order valence-corrected chi connectivity index (χ3v) is 3.20. The fraction of sp³-hybridized carbons (Fsp3) is 0.417. The molecule has 0 aliphatic carbocycles. The van der Waals surface area contributed by atoms with Crippen LogP contribution < -0.4 is 4.90 Å². The van der Waals surface area contributed by atoms with Crippen molar-refractivity contribution in [2.45, 2.75) is 19.3 Å². The molecule has 3 rings (SSSR count). The van der Waals surface area contributed by atoms with Gasteiger partial charge in [-0.15, -0.1) is 0 Å². The number of benzene rings is 1. The summed E-state index contributed by atoms with van der Waals surface area (Å²) in [6.45, 7) is 2.08. The average molecular weight is 237 g/mol. The van der Waals surface area contributed by atoms with E-state index >= 15 is 0 Å². The lowest BCUT2D eigenvalue weighted by atomic mass is 10.1. The van der Waals surface area contributed by atoms with E-state index in [1.54, 1.807) is 0 Å². The van der Waals surface area contributed by atoms with Gasteiger partial charge in [-0.2, -0.15) is 4.98 Å². The van der Waals surface area contributed by atoms with Crippen molar-refractivity contribution in [2.75, 3.05) is 18.0 Å². The number of oxazole rings is 1. The molecule has 1 aromatic carbocycles. The fourth-order valence-electron chi connectivity index (χ4n) is 2.11. The number of halogens is 1. The molecule has 1 aliphatic heterocycles. The van der Waals surface area contributed by atoms with Gasteiger partial charge in [-0.05, 0) is 31.4 Å². The van der Waals surface area contributed by atoms with Gasteiger partial charge < -0.3 is 9.32 Å². The first-order chi connectivity index (χ1) is 7.83. The molecule has 3 nitrogen and oxygen atoms in total. The van der Waals surface area contributed by atoms with Crippen LogP contribution in [0.2, 0.25) is 5.02 Å². The van der Waals surface area contributed by atoms with Crippen molar-refractivity contribution < 1.29 is 4.42 Å². The van der Waals surface area contributed by atoms with Crippen LogP contribution in [0.15, 0.2) is 22.6 Å². The number of fused-ring (bicyclic) bond motifs is 1. The highest BCUT2D eigenvalue weighted by Crippen LogP contribution is 2.26. The molecule has 1 aromatic heterocycles. The lowest BCUT2D eigenvalue weighted by Gasteiger charge is -2.24. The van der Waals surface area contributed by atoms with Crippen LogP contribution >= 0.6 is 11.6 Å². The van der Waals surface area contributed by atoms with Gasteiger partial charge in [-0.3, -0.25) is 0 Å². The molecule has 0 unspecified atom stereocenters.